The van der Waals surface area contributed by atoms with Gasteiger partial charge in [0.2, 0.25) is 0 Å². The first-order chi connectivity index (χ1) is 7.88. The predicted octanol–water partition coefficient (Wildman–Crippen LogP) is 3.02. The lowest BCUT2D eigenvalue weighted by atomic mass is 9.94. The summed E-state index contributed by atoms with van der Waals surface area (Å²) in [5.74, 6) is -0.400. The van der Waals surface area contributed by atoms with Gasteiger partial charge in [-0.15, -0.1) is 0 Å². The third kappa shape index (κ3) is 3.44. The Morgan fingerprint density at radius 3 is 2.41 bits per heavy atom. The van der Waals surface area contributed by atoms with Gasteiger partial charge in [0.05, 0.1) is 18.3 Å². The average molecular weight is 248 g/mol. The Balaban J connectivity index is 3.05. The van der Waals surface area contributed by atoms with Crippen LogP contribution in [0.2, 0.25) is 0 Å². The minimum atomic E-state index is -4.45. The molecule has 0 amide bonds. The first-order valence-corrected chi connectivity index (χ1v) is 5.21. The van der Waals surface area contributed by atoms with E-state index in [2.05, 4.69) is 0 Å². The summed E-state index contributed by atoms with van der Waals surface area (Å²) in [4.78, 5) is 0. The Labute approximate surface area is 98.0 Å². The number of aliphatic hydroxyl groups is 1. The molecule has 96 valence electrons. The lowest BCUT2D eigenvalue weighted by Crippen LogP contribution is -2.19. The number of hydrogen-bond acceptors (Lipinski definition) is 2. The number of ether oxygens (including phenoxy) is 1. The van der Waals surface area contributed by atoms with Crippen molar-refractivity contribution < 1.29 is 23.0 Å². The molecule has 0 aliphatic heterocycles. The number of methoxy groups -OCH3 is 1. The quantitative estimate of drug-likeness (QED) is 0.887. The Morgan fingerprint density at radius 2 is 1.88 bits per heavy atom. The molecule has 0 radical (unpaired) electrons. The van der Waals surface area contributed by atoms with Crippen molar-refractivity contribution in [2.75, 3.05) is 13.7 Å². The zero-order valence-corrected chi connectivity index (χ0v) is 9.66. The summed E-state index contributed by atoms with van der Waals surface area (Å²) < 4.78 is 43.0. The molecule has 5 heteroatoms. The zero-order valence-electron chi connectivity index (χ0n) is 9.66. The molecule has 0 aliphatic rings. The van der Waals surface area contributed by atoms with E-state index in [1.165, 1.54) is 25.3 Å². The van der Waals surface area contributed by atoms with Gasteiger partial charge in [-0.25, -0.2) is 0 Å². The van der Waals surface area contributed by atoms with Crippen LogP contribution in [0.3, 0.4) is 0 Å². The third-order valence-electron chi connectivity index (χ3n) is 2.55. The van der Waals surface area contributed by atoms with Gasteiger partial charge in [-0.3, -0.25) is 0 Å². The van der Waals surface area contributed by atoms with Crippen LogP contribution in [-0.2, 0) is 10.9 Å². The lowest BCUT2D eigenvalue weighted by Gasteiger charge is -2.22. The van der Waals surface area contributed by atoms with Crippen LogP contribution in [0.1, 0.15) is 24.2 Å². The SMILES string of the molecule is COCC(C)C(O)c1ccccc1C(F)(F)F. The summed E-state index contributed by atoms with van der Waals surface area (Å²) in [5.41, 5.74) is -0.903. The Morgan fingerprint density at radius 1 is 1.29 bits per heavy atom. The maximum absolute atomic E-state index is 12.7. The minimum absolute atomic E-state index is 0.107. The van der Waals surface area contributed by atoms with Crippen molar-refractivity contribution in [3.63, 3.8) is 0 Å². The summed E-state index contributed by atoms with van der Waals surface area (Å²) in [6.45, 7) is 1.84. The highest BCUT2D eigenvalue weighted by Gasteiger charge is 2.35. The molecule has 0 spiro atoms. The minimum Gasteiger partial charge on any atom is -0.388 e. The van der Waals surface area contributed by atoms with E-state index in [-0.39, 0.29) is 12.2 Å². The van der Waals surface area contributed by atoms with Crippen LogP contribution >= 0.6 is 0 Å². The summed E-state index contributed by atoms with van der Waals surface area (Å²) in [6.07, 6.45) is -5.64. The van der Waals surface area contributed by atoms with E-state index < -0.39 is 23.8 Å². The van der Waals surface area contributed by atoms with Crippen LogP contribution in [0.4, 0.5) is 13.2 Å². The lowest BCUT2D eigenvalue weighted by molar-refractivity contribution is -0.139. The van der Waals surface area contributed by atoms with Gasteiger partial charge in [-0.2, -0.15) is 13.2 Å². The van der Waals surface area contributed by atoms with Crippen molar-refractivity contribution in [1.29, 1.82) is 0 Å². The topological polar surface area (TPSA) is 29.5 Å². The summed E-state index contributed by atoms with van der Waals surface area (Å²) in [6, 6.07) is 5.05. The highest BCUT2D eigenvalue weighted by molar-refractivity contribution is 5.31. The van der Waals surface area contributed by atoms with E-state index in [4.69, 9.17) is 4.74 Å². The molecular formula is C12H15F3O2. The monoisotopic (exact) mass is 248 g/mol. The van der Waals surface area contributed by atoms with Crippen molar-refractivity contribution in [1.82, 2.24) is 0 Å². The van der Waals surface area contributed by atoms with Gasteiger partial charge in [-0.05, 0) is 11.6 Å². The molecule has 1 aromatic carbocycles. The molecule has 0 bridgehead atoms. The average Bonchev–Trinajstić information content (AvgIpc) is 2.27. The molecule has 0 heterocycles. The first kappa shape index (κ1) is 14.0. The van der Waals surface area contributed by atoms with E-state index in [1.54, 1.807) is 6.92 Å². The second kappa shape index (κ2) is 5.51. The van der Waals surface area contributed by atoms with Gasteiger partial charge in [0.25, 0.3) is 0 Å². The number of alkyl halides is 3. The van der Waals surface area contributed by atoms with Crippen LogP contribution in [0.15, 0.2) is 24.3 Å². The predicted molar refractivity (Wildman–Crippen MR) is 57.4 cm³/mol. The van der Waals surface area contributed by atoms with Gasteiger partial charge in [0.15, 0.2) is 0 Å². The maximum Gasteiger partial charge on any atom is 0.416 e. The number of benzene rings is 1. The van der Waals surface area contributed by atoms with Gasteiger partial charge in [0, 0.05) is 13.0 Å². The van der Waals surface area contributed by atoms with Gasteiger partial charge < -0.3 is 9.84 Å². The number of hydrogen-bond donors (Lipinski definition) is 1. The Kier molecular flexibility index (Phi) is 4.54. The van der Waals surface area contributed by atoms with Crippen LogP contribution in [0, 0.1) is 5.92 Å². The van der Waals surface area contributed by atoms with Crippen LogP contribution in [0.25, 0.3) is 0 Å². The van der Waals surface area contributed by atoms with Crippen LogP contribution in [0.5, 0.6) is 0 Å². The normalized spacial score (nSPS) is 15.6. The van der Waals surface area contributed by atoms with Crippen LogP contribution in [-0.4, -0.2) is 18.8 Å². The molecule has 17 heavy (non-hydrogen) atoms. The molecule has 0 saturated carbocycles. The van der Waals surface area contributed by atoms with Crippen molar-refractivity contribution in [2.45, 2.75) is 19.2 Å². The van der Waals surface area contributed by atoms with Gasteiger partial charge >= 0.3 is 6.18 Å². The third-order valence-corrected chi connectivity index (χ3v) is 2.55. The van der Waals surface area contributed by atoms with E-state index >= 15 is 0 Å². The molecule has 1 aromatic rings. The van der Waals surface area contributed by atoms with Crippen molar-refractivity contribution in [3.8, 4) is 0 Å². The fourth-order valence-corrected chi connectivity index (χ4v) is 1.67. The molecule has 0 fully saturated rings. The van der Waals surface area contributed by atoms with Gasteiger partial charge in [-0.1, -0.05) is 25.1 Å². The summed E-state index contributed by atoms with van der Waals surface area (Å²) in [5, 5.41) is 9.88. The van der Waals surface area contributed by atoms with E-state index in [9.17, 15) is 18.3 Å². The van der Waals surface area contributed by atoms with E-state index in [1.807, 2.05) is 0 Å². The highest BCUT2D eigenvalue weighted by atomic mass is 19.4. The molecule has 2 unspecified atom stereocenters. The molecule has 1 rings (SSSR count). The van der Waals surface area contributed by atoms with E-state index in [0.717, 1.165) is 6.07 Å². The standard InChI is InChI=1S/C12H15F3O2/c1-8(7-17-2)11(16)9-5-3-4-6-10(9)12(13,14)15/h3-6,8,11,16H,7H2,1-2H3. The zero-order chi connectivity index (χ0) is 13.1. The second-order valence-electron chi connectivity index (χ2n) is 3.96. The fourth-order valence-electron chi connectivity index (χ4n) is 1.67. The molecular weight excluding hydrogens is 233 g/mol. The molecule has 2 nitrogen and oxygen atoms in total. The number of halogens is 3. The number of rotatable bonds is 4. The Hall–Kier alpha value is -1.07. The summed E-state index contributed by atoms with van der Waals surface area (Å²) in [7, 11) is 1.44. The molecule has 1 N–H and O–H groups in total. The fraction of sp³-hybridized carbons (Fsp3) is 0.500. The molecule has 0 aliphatic carbocycles. The van der Waals surface area contributed by atoms with Gasteiger partial charge in [0.1, 0.15) is 0 Å². The van der Waals surface area contributed by atoms with E-state index in [0.29, 0.717) is 0 Å². The molecule has 0 saturated heterocycles. The van der Waals surface area contributed by atoms with Crippen LogP contribution < -0.4 is 0 Å². The first-order valence-electron chi connectivity index (χ1n) is 5.21. The second-order valence-corrected chi connectivity index (χ2v) is 3.96. The smallest absolute Gasteiger partial charge is 0.388 e. The summed E-state index contributed by atoms with van der Waals surface area (Å²) >= 11 is 0. The molecule has 2 atom stereocenters. The maximum atomic E-state index is 12.7. The van der Waals surface area contributed by atoms with Crippen molar-refractivity contribution in [3.05, 3.63) is 35.4 Å². The number of aliphatic hydroxyl groups excluding tert-OH is 1. The molecule has 0 aromatic heterocycles. The largest absolute Gasteiger partial charge is 0.416 e. The van der Waals surface area contributed by atoms with Crippen molar-refractivity contribution >= 4 is 0 Å². The Bertz CT molecular complexity index is 363. The highest BCUT2D eigenvalue weighted by Crippen LogP contribution is 2.36. The van der Waals surface area contributed by atoms with Crippen molar-refractivity contribution in [2.24, 2.45) is 5.92 Å².